The molecule has 0 aliphatic carbocycles. The van der Waals surface area contributed by atoms with Gasteiger partial charge in [-0.25, -0.2) is 4.68 Å². The number of nitrogens with zero attached hydrogens (tertiary/aromatic N) is 3. The number of unbranched alkanes of at least 4 members (excludes halogenated alkanes) is 3. The lowest BCUT2D eigenvalue weighted by atomic mass is 10.1. The Hall–Kier alpha value is -1.35. The van der Waals surface area contributed by atoms with E-state index in [0.717, 1.165) is 12.1 Å². The molecule has 8 heteroatoms. The summed E-state index contributed by atoms with van der Waals surface area (Å²) < 4.78 is 23.5. The molecule has 0 radical (unpaired) electrons. The third kappa shape index (κ3) is 14.7. The van der Waals surface area contributed by atoms with Gasteiger partial charge in [0, 0.05) is 12.6 Å². The third-order valence-electron chi connectivity index (χ3n) is 4.05. The van der Waals surface area contributed by atoms with Crippen molar-refractivity contribution in [2.45, 2.75) is 58.9 Å². The van der Waals surface area contributed by atoms with Crippen LogP contribution in [-0.4, -0.2) is 73.6 Å². The number of aromatic nitrogens is 3. The van der Waals surface area contributed by atoms with Crippen LogP contribution in [-0.2, 0) is 36.7 Å². The Morgan fingerprint density at radius 2 is 1.50 bits per heavy atom. The number of aryl methyl sites for hydroxylation is 1. The molecule has 162 valence electrons. The van der Waals surface area contributed by atoms with Crippen LogP contribution in [0.2, 0.25) is 0 Å². The van der Waals surface area contributed by atoms with Gasteiger partial charge in [0.2, 0.25) is 0 Å². The molecule has 1 heterocycles. The van der Waals surface area contributed by atoms with E-state index in [4.69, 9.17) is 18.9 Å². The fraction of sp³-hybridized carbons (Fsp3) is 0.850. The van der Waals surface area contributed by atoms with Crippen molar-refractivity contribution in [1.29, 1.82) is 0 Å². The van der Waals surface area contributed by atoms with Crippen molar-refractivity contribution in [1.82, 2.24) is 15.0 Å². The molecular weight excluding hydrogens is 362 g/mol. The van der Waals surface area contributed by atoms with Crippen LogP contribution in [0.15, 0.2) is 6.20 Å². The van der Waals surface area contributed by atoms with E-state index < -0.39 is 0 Å². The zero-order valence-corrected chi connectivity index (χ0v) is 17.6. The summed E-state index contributed by atoms with van der Waals surface area (Å²) in [5.41, 5.74) is 1.06. The second kappa shape index (κ2) is 17.7. The minimum atomic E-state index is 0.139. The van der Waals surface area contributed by atoms with Crippen molar-refractivity contribution >= 4 is 5.78 Å². The minimum absolute atomic E-state index is 0.139. The average molecular weight is 400 g/mol. The highest BCUT2D eigenvalue weighted by molar-refractivity contribution is 5.75. The number of rotatable bonds is 20. The number of carbonyl (C=O) groups excluding carboxylic acids is 1. The van der Waals surface area contributed by atoms with Gasteiger partial charge in [-0.05, 0) is 19.8 Å². The Kier molecular flexibility index (Phi) is 15.6. The first-order valence-corrected chi connectivity index (χ1v) is 10.4. The molecule has 0 spiro atoms. The lowest BCUT2D eigenvalue weighted by Crippen LogP contribution is -2.13. The van der Waals surface area contributed by atoms with E-state index in [0.29, 0.717) is 65.8 Å². The van der Waals surface area contributed by atoms with Gasteiger partial charge in [-0.3, -0.25) is 4.79 Å². The number of ether oxygens (including phenoxy) is 4. The quantitative estimate of drug-likeness (QED) is 0.311. The summed E-state index contributed by atoms with van der Waals surface area (Å²) in [5.74, 6) is 0.139. The van der Waals surface area contributed by atoms with E-state index in [1.807, 2.05) is 10.9 Å². The monoisotopic (exact) mass is 399 g/mol. The van der Waals surface area contributed by atoms with E-state index in [1.54, 1.807) is 6.92 Å². The van der Waals surface area contributed by atoms with Gasteiger partial charge in [0.15, 0.2) is 0 Å². The molecule has 0 amide bonds. The highest BCUT2D eigenvalue weighted by Crippen LogP contribution is 2.04. The summed E-state index contributed by atoms with van der Waals surface area (Å²) in [6.07, 6.45) is 8.43. The fourth-order valence-corrected chi connectivity index (χ4v) is 2.43. The molecule has 0 fully saturated rings. The van der Waals surface area contributed by atoms with Gasteiger partial charge in [0.1, 0.15) is 5.78 Å². The van der Waals surface area contributed by atoms with Crippen molar-refractivity contribution in [2.75, 3.05) is 52.9 Å². The predicted octanol–water partition coefficient (Wildman–Crippen LogP) is 2.45. The summed E-state index contributed by atoms with van der Waals surface area (Å²) in [7, 11) is 0. The Morgan fingerprint density at radius 1 is 0.893 bits per heavy atom. The van der Waals surface area contributed by atoms with Crippen LogP contribution in [0.4, 0.5) is 0 Å². The van der Waals surface area contributed by atoms with Crippen LogP contribution < -0.4 is 0 Å². The molecule has 0 aromatic carbocycles. The summed E-state index contributed by atoms with van der Waals surface area (Å²) in [4.78, 5) is 10.7. The standard InChI is InChI=1S/C20H37N3O5/c1-3-4-5-6-7-20-18-23(22-21-20)9-11-26-13-15-28-17-16-27-14-12-25-10-8-19(2)24/h18H,3-17H2,1-2H3. The molecule has 0 bridgehead atoms. The molecular formula is C20H37N3O5. The van der Waals surface area contributed by atoms with Crippen molar-refractivity contribution in [2.24, 2.45) is 0 Å². The molecule has 0 aliphatic heterocycles. The van der Waals surface area contributed by atoms with Gasteiger partial charge in [-0.15, -0.1) is 5.10 Å². The van der Waals surface area contributed by atoms with Crippen LogP contribution in [0.1, 0.15) is 51.6 Å². The van der Waals surface area contributed by atoms with Gasteiger partial charge < -0.3 is 18.9 Å². The lowest BCUT2D eigenvalue weighted by Gasteiger charge is -2.07. The summed E-state index contributed by atoms with van der Waals surface area (Å²) in [6.45, 7) is 8.68. The van der Waals surface area contributed by atoms with Crippen molar-refractivity contribution < 1.29 is 23.7 Å². The maximum Gasteiger partial charge on any atom is 0.132 e. The van der Waals surface area contributed by atoms with E-state index in [2.05, 4.69) is 17.2 Å². The first-order chi connectivity index (χ1) is 13.7. The smallest absolute Gasteiger partial charge is 0.132 e. The highest BCUT2D eigenvalue weighted by Gasteiger charge is 2.01. The van der Waals surface area contributed by atoms with E-state index in [1.165, 1.54) is 25.7 Å². The Bertz CT molecular complexity index is 496. The van der Waals surface area contributed by atoms with E-state index in [-0.39, 0.29) is 5.78 Å². The summed E-state index contributed by atoms with van der Waals surface area (Å²) in [6, 6.07) is 0. The molecule has 0 saturated carbocycles. The molecule has 0 aliphatic rings. The Morgan fingerprint density at radius 3 is 2.11 bits per heavy atom. The normalized spacial score (nSPS) is 11.2. The first kappa shape index (κ1) is 24.7. The largest absolute Gasteiger partial charge is 0.379 e. The number of hydrogen-bond donors (Lipinski definition) is 0. The van der Waals surface area contributed by atoms with Gasteiger partial charge in [0.05, 0.1) is 65.1 Å². The maximum atomic E-state index is 10.7. The summed E-state index contributed by atoms with van der Waals surface area (Å²) >= 11 is 0. The minimum Gasteiger partial charge on any atom is -0.379 e. The molecule has 28 heavy (non-hydrogen) atoms. The Labute approximate surface area is 168 Å². The first-order valence-electron chi connectivity index (χ1n) is 10.4. The molecule has 1 aromatic heterocycles. The van der Waals surface area contributed by atoms with E-state index in [9.17, 15) is 4.79 Å². The number of ketones is 1. The molecule has 0 N–H and O–H groups in total. The van der Waals surface area contributed by atoms with E-state index >= 15 is 0 Å². The number of carbonyl (C=O) groups is 1. The second-order valence-electron chi connectivity index (χ2n) is 6.69. The maximum absolute atomic E-state index is 10.7. The average Bonchev–Trinajstić information content (AvgIpc) is 3.13. The van der Waals surface area contributed by atoms with Crippen LogP contribution in [0.25, 0.3) is 0 Å². The molecule has 8 nitrogen and oxygen atoms in total. The van der Waals surface area contributed by atoms with Crippen LogP contribution in [0.3, 0.4) is 0 Å². The molecule has 1 aromatic rings. The highest BCUT2D eigenvalue weighted by atomic mass is 16.6. The lowest BCUT2D eigenvalue weighted by molar-refractivity contribution is -0.118. The molecule has 0 saturated heterocycles. The SMILES string of the molecule is CCCCCCc1cn(CCOCCOCCOCCOCCC(C)=O)nn1. The Balaban J connectivity index is 1.83. The predicted molar refractivity (Wildman–Crippen MR) is 106 cm³/mol. The fourth-order valence-electron chi connectivity index (χ4n) is 2.43. The van der Waals surface area contributed by atoms with Gasteiger partial charge >= 0.3 is 0 Å². The van der Waals surface area contributed by atoms with Crippen LogP contribution in [0, 0.1) is 0 Å². The van der Waals surface area contributed by atoms with Gasteiger partial charge in [0.25, 0.3) is 0 Å². The molecule has 0 atom stereocenters. The van der Waals surface area contributed by atoms with Crippen LogP contribution in [0.5, 0.6) is 0 Å². The van der Waals surface area contributed by atoms with Gasteiger partial charge in [-0.2, -0.15) is 0 Å². The van der Waals surface area contributed by atoms with Crippen molar-refractivity contribution in [3.63, 3.8) is 0 Å². The van der Waals surface area contributed by atoms with Gasteiger partial charge in [-0.1, -0.05) is 31.4 Å². The molecule has 1 rings (SSSR count). The van der Waals surface area contributed by atoms with Crippen LogP contribution >= 0.6 is 0 Å². The zero-order valence-electron chi connectivity index (χ0n) is 17.6. The molecule has 0 unspecified atom stereocenters. The second-order valence-corrected chi connectivity index (χ2v) is 6.69. The topological polar surface area (TPSA) is 84.7 Å². The summed E-state index contributed by atoms with van der Waals surface area (Å²) in [5, 5.41) is 8.33. The number of hydrogen-bond acceptors (Lipinski definition) is 7. The number of Topliss-reactive ketones (excluding diaryl/α,β-unsaturated/α-hetero) is 1. The van der Waals surface area contributed by atoms with Crippen molar-refractivity contribution in [3.05, 3.63) is 11.9 Å². The third-order valence-corrected chi connectivity index (χ3v) is 4.05. The zero-order chi connectivity index (χ0) is 20.3. The van der Waals surface area contributed by atoms with Crippen molar-refractivity contribution in [3.8, 4) is 0 Å².